The van der Waals surface area contributed by atoms with E-state index in [2.05, 4.69) is 13.8 Å². The molecule has 164 valence electrons. The third-order valence-electron chi connectivity index (χ3n) is 4.70. The summed E-state index contributed by atoms with van der Waals surface area (Å²) in [4.78, 5) is 0. The molecule has 0 bridgehead atoms. The van der Waals surface area contributed by atoms with Gasteiger partial charge in [-0.3, -0.25) is 13.6 Å². The van der Waals surface area contributed by atoms with Crippen LogP contribution in [0.1, 0.15) is 124 Å². The van der Waals surface area contributed by atoms with Crippen molar-refractivity contribution in [2.24, 2.45) is 0 Å². The molecule has 0 saturated heterocycles. The van der Waals surface area contributed by atoms with E-state index >= 15 is 0 Å². The van der Waals surface area contributed by atoms with E-state index in [1.165, 1.54) is 70.6 Å². The van der Waals surface area contributed by atoms with Gasteiger partial charge >= 0.3 is 7.82 Å². The van der Waals surface area contributed by atoms with Crippen LogP contribution in [0.15, 0.2) is 0 Å². The maximum absolute atomic E-state index is 12.7. The quantitative estimate of drug-likeness (QED) is 0.134. The number of hydrogen-bond donors (Lipinski definition) is 0. The topological polar surface area (TPSA) is 44.8 Å². The van der Waals surface area contributed by atoms with Gasteiger partial charge in [0.05, 0.1) is 19.8 Å². The van der Waals surface area contributed by atoms with E-state index in [1.54, 1.807) is 0 Å². The summed E-state index contributed by atoms with van der Waals surface area (Å²) < 4.78 is 29.2. The Hall–Kier alpha value is 0.110. The first kappa shape index (κ1) is 27.1. The molecule has 0 rings (SSSR count). The molecule has 0 fully saturated rings. The van der Waals surface area contributed by atoms with Crippen LogP contribution in [0.25, 0.3) is 0 Å². The van der Waals surface area contributed by atoms with Gasteiger partial charge in [0.2, 0.25) is 0 Å². The molecule has 0 radical (unpaired) electrons. The smallest absolute Gasteiger partial charge is 0.287 e. The van der Waals surface area contributed by atoms with Crippen molar-refractivity contribution in [1.29, 1.82) is 0 Å². The van der Waals surface area contributed by atoms with E-state index in [0.29, 0.717) is 19.8 Å². The summed E-state index contributed by atoms with van der Waals surface area (Å²) in [5.74, 6) is 0. The molecule has 0 aliphatic rings. The number of phosphoric acid groups is 1. The van der Waals surface area contributed by atoms with Crippen molar-refractivity contribution in [2.45, 2.75) is 124 Å². The van der Waals surface area contributed by atoms with Crippen molar-refractivity contribution >= 4 is 7.82 Å². The molecule has 0 N–H and O–H groups in total. The Morgan fingerprint density at radius 1 is 0.444 bits per heavy atom. The van der Waals surface area contributed by atoms with Gasteiger partial charge in [-0.15, -0.1) is 0 Å². The first-order valence-corrected chi connectivity index (χ1v) is 13.2. The van der Waals surface area contributed by atoms with Gasteiger partial charge in [-0.2, -0.15) is 0 Å². The van der Waals surface area contributed by atoms with Crippen LogP contribution in [0, 0.1) is 0 Å². The monoisotopic (exact) mass is 406 g/mol. The average molecular weight is 407 g/mol. The molecule has 0 aromatic heterocycles. The number of rotatable bonds is 22. The summed E-state index contributed by atoms with van der Waals surface area (Å²) >= 11 is 0. The Bertz CT molecular complexity index is 336. The molecular weight excluding hydrogens is 359 g/mol. The molecular formula is C22H47O4P. The minimum absolute atomic E-state index is 0.422. The van der Waals surface area contributed by atoms with Gasteiger partial charge in [0, 0.05) is 0 Å². The van der Waals surface area contributed by atoms with Gasteiger partial charge in [-0.25, -0.2) is 4.57 Å². The van der Waals surface area contributed by atoms with E-state index in [4.69, 9.17) is 13.6 Å². The fourth-order valence-electron chi connectivity index (χ4n) is 2.96. The predicted molar refractivity (Wildman–Crippen MR) is 116 cm³/mol. The summed E-state index contributed by atoms with van der Waals surface area (Å²) in [6, 6.07) is 0. The normalized spacial score (nSPS) is 13.7. The lowest BCUT2D eigenvalue weighted by Crippen LogP contribution is -2.04. The first-order valence-electron chi connectivity index (χ1n) is 11.7. The van der Waals surface area contributed by atoms with Crippen molar-refractivity contribution < 1.29 is 18.1 Å². The highest BCUT2D eigenvalue weighted by Crippen LogP contribution is 2.49. The van der Waals surface area contributed by atoms with Crippen LogP contribution in [0.4, 0.5) is 0 Å². The third kappa shape index (κ3) is 19.2. The highest BCUT2D eigenvalue weighted by Gasteiger charge is 2.25. The van der Waals surface area contributed by atoms with E-state index < -0.39 is 7.82 Å². The van der Waals surface area contributed by atoms with Gasteiger partial charge in [0.1, 0.15) is 0 Å². The summed E-state index contributed by atoms with van der Waals surface area (Å²) in [7, 11) is -3.37. The molecule has 0 aliphatic heterocycles. The molecule has 4 nitrogen and oxygen atoms in total. The van der Waals surface area contributed by atoms with Crippen molar-refractivity contribution in [3.8, 4) is 0 Å². The molecule has 0 aromatic rings. The minimum atomic E-state index is -3.37. The molecule has 1 atom stereocenters. The Morgan fingerprint density at radius 3 is 1.15 bits per heavy atom. The standard InChI is InChI=1S/C22H47O4P/c1-4-7-9-11-13-14-15-17-19-22-26-27(23,24-20-6-3)25-21-18-16-12-10-8-5-2/h4-22H2,1-3H3. The molecule has 27 heavy (non-hydrogen) atoms. The number of unbranched alkanes of at least 4 members (excludes halogenated alkanes) is 13. The van der Waals surface area contributed by atoms with Crippen LogP contribution in [-0.4, -0.2) is 19.8 Å². The second kappa shape index (κ2) is 20.8. The lowest BCUT2D eigenvalue weighted by atomic mass is 10.1. The minimum Gasteiger partial charge on any atom is -0.287 e. The van der Waals surface area contributed by atoms with Crippen molar-refractivity contribution in [3.05, 3.63) is 0 Å². The lowest BCUT2D eigenvalue weighted by molar-refractivity contribution is 0.110. The zero-order valence-corrected chi connectivity index (χ0v) is 19.4. The maximum atomic E-state index is 12.7. The van der Waals surface area contributed by atoms with Gasteiger partial charge in [0.25, 0.3) is 0 Å². The molecule has 0 spiro atoms. The molecule has 0 amide bonds. The van der Waals surface area contributed by atoms with Crippen LogP contribution < -0.4 is 0 Å². The van der Waals surface area contributed by atoms with Crippen LogP contribution in [0.2, 0.25) is 0 Å². The summed E-state index contributed by atoms with van der Waals surface area (Å²) in [6.45, 7) is 7.82. The zero-order valence-electron chi connectivity index (χ0n) is 18.5. The molecule has 1 unspecified atom stereocenters. The van der Waals surface area contributed by atoms with Crippen molar-refractivity contribution in [3.63, 3.8) is 0 Å². The van der Waals surface area contributed by atoms with E-state index in [-0.39, 0.29) is 0 Å². The highest BCUT2D eigenvalue weighted by atomic mass is 31.2. The van der Waals surface area contributed by atoms with Crippen molar-refractivity contribution in [2.75, 3.05) is 19.8 Å². The Labute approximate surface area is 169 Å². The van der Waals surface area contributed by atoms with E-state index in [1.807, 2.05) is 6.92 Å². The fraction of sp³-hybridized carbons (Fsp3) is 1.00. The van der Waals surface area contributed by atoms with Gasteiger partial charge in [-0.1, -0.05) is 104 Å². The second-order valence-corrected chi connectivity index (χ2v) is 9.21. The van der Waals surface area contributed by atoms with Gasteiger partial charge < -0.3 is 0 Å². The van der Waals surface area contributed by atoms with Gasteiger partial charge in [-0.05, 0) is 19.3 Å². The largest absolute Gasteiger partial charge is 0.474 e. The Kier molecular flexibility index (Phi) is 20.9. The Balaban J connectivity index is 3.76. The van der Waals surface area contributed by atoms with Crippen LogP contribution >= 0.6 is 7.82 Å². The summed E-state index contributed by atoms with van der Waals surface area (Å²) in [5.41, 5.74) is 0. The summed E-state index contributed by atoms with van der Waals surface area (Å²) in [5, 5.41) is 0. The summed E-state index contributed by atoms with van der Waals surface area (Å²) in [6.07, 6.45) is 19.2. The lowest BCUT2D eigenvalue weighted by Gasteiger charge is -2.17. The molecule has 0 aromatic carbocycles. The molecule has 0 aliphatic carbocycles. The van der Waals surface area contributed by atoms with E-state index in [9.17, 15) is 4.57 Å². The molecule has 0 heterocycles. The third-order valence-corrected chi connectivity index (χ3v) is 6.19. The SMILES string of the molecule is CCCCCCCCCCCOP(=O)(OCCC)OCCCCCCCC. The van der Waals surface area contributed by atoms with E-state index in [0.717, 1.165) is 32.1 Å². The molecule has 5 heteroatoms. The number of hydrogen-bond acceptors (Lipinski definition) is 4. The number of phosphoric ester groups is 1. The van der Waals surface area contributed by atoms with Crippen LogP contribution in [0.5, 0.6) is 0 Å². The average Bonchev–Trinajstić information content (AvgIpc) is 2.67. The Morgan fingerprint density at radius 2 is 0.778 bits per heavy atom. The van der Waals surface area contributed by atoms with Crippen LogP contribution in [0.3, 0.4) is 0 Å². The first-order chi connectivity index (χ1) is 13.2. The predicted octanol–water partition coefficient (Wildman–Crippen LogP) is 8.45. The fourth-order valence-corrected chi connectivity index (χ4v) is 4.30. The zero-order chi connectivity index (χ0) is 20.1. The maximum Gasteiger partial charge on any atom is 0.474 e. The molecule has 0 saturated carbocycles. The van der Waals surface area contributed by atoms with Crippen molar-refractivity contribution in [1.82, 2.24) is 0 Å². The van der Waals surface area contributed by atoms with Gasteiger partial charge in [0.15, 0.2) is 0 Å². The van der Waals surface area contributed by atoms with Crippen LogP contribution in [-0.2, 0) is 18.1 Å². The second-order valence-electron chi connectivity index (χ2n) is 7.54. The highest BCUT2D eigenvalue weighted by molar-refractivity contribution is 7.48.